The van der Waals surface area contributed by atoms with Crippen LogP contribution in [0.2, 0.25) is 0 Å². The minimum Gasteiger partial charge on any atom is -0.305 e. The van der Waals surface area contributed by atoms with Crippen LogP contribution in [0.3, 0.4) is 0 Å². The molecule has 2 nitrogen and oxygen atoms in total. The van der Waals surface area contributed by atoms with Crippen molar-refractivity contribution in [3.8, 4) is 33.6 Å². The van der Waals surface area contributed by atoms with Gasteiger partial charge in [0.15, 0.2) is 0 Å². The average Bonchev–Trinajstić information content (AvgIpc) is 2.88. The van der Waals surface area contributed by atoms with E-state index in [0.29, 0.717) is 6.07 Å². The number of benzene rings is 3. The van der Waals surface area contributed by atoms with E-state index < -0.39 is 17.5 Å². The maximum Gasteiger partial charge on any atom is 0.0792 e. The van der Waals surface area contributed by atoms with Gasteiger partial charge in [0.1, 0.15) is 0 Å². The molecule has 0 saturated carbocycles. The zero-order valence-corrected chi connectivity index (χ0v) is 20.1. The Balaban J connectivity index is 0.000000212. The van der Waals surface area contributed by atoms with Gasteiger partial charge >= 0.3 is 0 Å². The molecule has 0 unspecified atom stereocenters. The molecule has 6 heteroatoms. The zero-order chi connectivity index (χ0) is 23.0. The number of aromatic nitrogens is 2. The van der Waals surface area contributed by atoms with Gasteiger partial charge in [-0.25, -0.2) is 8.78 Å². The van der Waals surface area contributed by atoms with Gasteiger partial charge in [0.05, 0.1) is 11.6 Å². The molecule has 0 N–H and O–H groups in total. The van der Waals surface area contributed by atoms with E-state index in [1.807, 2.05) is 72.8 Å². The van der Waals surface area contributed by atoms with E-state index >= 15 is 0 Å². The van der Waals surface area contributed by atoms with E-state index in [0.717, 1.165) is 22.4 Å². The van der Waals surface area contributed by atoms with Crippen LogP contribution in [0.25, 0.3) is 33.6 Å². The molecule has 0 aliphatic heterocycles. The van der Waals surface area contributed by atoms with Gasteiger partial charge in [-0.15, -0.1) is 42.0 Å². The third-order valence-electron chi connectivity index (χ3n) is 4.70. The molecule has 5 aromatic rings. The Morgan fingerprint density at radius 2 is 1.38 bits per heavy atom. The van der Waals surface area contributed by atoms with Crippen molar-refractivity contribution in [3.63, 3.8) is 0 Å². The van der Waals surface area contributed by atoms with E-state index in [4.69, 9.17) is 0 Å². The van der Waals surface area contributed by atoms with Gasteiger partial charge in [-0.05, 0) is 34.6 Å². The molecule has 2 aromatic heterocycles. The molecule has 1 radical (unpaired) electrons. The number of hydrogen-bond donors (Lipinski definition) is 0. The number of hydrogen-bond acceptors (Lipinski definition) is 2. The van der Waals surface area contributed by atoms with Crippen molar-refractivity contribution in [3.05, 3.63) is 133 Å². The molecule has 3 aromatic carbocycles. The maximum absolute atomic E-state index is 13.8. The molecule has 0 saturated heterocycles. The summed E-state index contributed by atoms with van der Waals surface area (Å²) in [6, 6.07) is 32.1. The predicted molar refractivity (Wildman–Crippen MR) is 122 cm³/mol. The summed E-state index contributed by atoms with van der Waals surface area (Å²) in [6.07, 6.45) is 3.25. The Morgan fingerprint density at radius 1 is 0.647 bits per heavy atom. The summed E-state index contributed by atoms with van der Waals surface area (Å²) < 4.78 is 40.3. The monoisotopic (exact) mass is 631 g/mol. The first-order chi connectivity index (χ1) is 16.1. The largest absolute Gasteiger partial charge is 0.305 e. The molecular formula is C28H17F3IrN2-2. The summed E-state index contributed by atoms with van der Waals surface area (Å²) >= 11 is 0. The van der Waals surface area contributed by atoms with Gasteiger partial charge in [0.25, 0.3) is 0 Å². The van der Waals surface area contributed by atoms with Crippen molar-refractivity contribution in [1.29, 1.82) is 0 Å². The summed E-state index contributed by atoms with van der Waals surface area (Å²) in [4.78, 5) is 8.19. The van der Waals surface area contributed by atoms with Crippen LogP contribution in [0.4, 0.5) is 13.2 Å². The number of pyridine rings is 2. The van der Waals surface area contributed by atoms with E-state index in [-0.39, 0.29) is 31.4 Å². The second-order valence-electron chi connectivity index (χ2n) is 6.94. The Morgan fingerprint density at radius 3 is 2.09 bits per heavy atom. The van der Waals surface area contributed by atoms with Crippen molar-refractivity contribution in [2.75, 3.05) is 0 Å². The van der Waals surface area contributed by atoms with E-state index in [1.54, 1.807) is 18.3 Å². The summed E-state index contributed by atoms with van der Waals surface area (Å²) in [5, 5.41) is 0. The fourth-order valence-electron chi connectivity index (χ4n) is 3.13. The summed E-state index contributed by atoms with van der Waals surface area (Å²) in [5.41, 5.74) is 3.50. The normalized spacial score (nSPS) is 9.97. The molecule has 2 heterocycles. The van der Waals surface area contributed by atoms with Gasteiger partial charge in [-0.2, -0.15) is 0 Å². The Labute approximate surface area is 209 Å². The van der Waals surface area contributed by atoms with E-state index in [2.05, 4.69) is 22.1 Å². The average molecular weight is 631 g/mol. The predicted octanol–water partition coefficient (Wildman–Crippen LogP) is 7.18. The zero-order valence-electron chi connectivity index (χ0n) is 17.7. The van der Waals surface area contributed by atoms with Crippen molar-refractivity contribution in [2.45, 2.75) is 0 Å². The molecular weight excluding hydrogens is 614 g/mol. The van der Waals surface area contributed by atoms with Crippen molar-refractivity contribution >= 4 is 0 Å². The molecule has 0 fully saturated rings. The Kier molecular flexibility index (Phi) is 8.86. The van der Waals surface area contributed by atoms with E-state index in [9.17, 15) is 13.2 Å². The molecule has 0 aliphatic carbocycles. The van der Waals surface area contributed by atoms with Gasteiger partial charge in [0.2, 0.25) is 0 Å². The fraction of sp³-hybridized carbons (Fsp3) is 0. The SMILES string of the molecule is Fc1[c-]c(-c2cc(-c3ccccc3)ccn2)c(F)c(F)c1.[Ir].[c-]1ccccc1-c1ccccn1. The van der Waals surface area contributed by atoms with Crippen LogP contribution < -0.4 is 0 Å². The summed E-state index contributed by atoms with van der Waals surface area (Å²) in [7, 11) is 0. The second kappa shape index (κ2) is 12.0. The van der Waals surface area contributed by atoms with Crippen LogP contribution in [0.5, 0.6) is 0 Å². The maximum atomic E-state index is 13.8. The van der Waals surface area contributed by atoms with Gasteiger partial charge in [0, 0.05) is 38.3 Å². The van der Waals surface area contributed by atoms with Crippen LogP contribution in [-0.4, -0.2) is 9.97 Å². The topological polar surface area (TPSA) is 25.8 Å². The second-order valence-corrected chi connectivity index (χ2v) is 6.94. The first kappa shape index (κ1) is 25.0. The minimum atomic E-state index is -1.26. The first-order valence-electron chi connectivity index (χ1n) is 10.1. The molecule has 5 rings (SSSR count). The molecule has 0 spiro atoms. The molecule has 34 heavy (non-hydrogen) atoms. The third-order valence-corrected chi connectivity index (χ3v) is 4.70. The number of rotatable bonds is 3. The molecule has 0 aliphatic rings. The third kappa shape index (κ3) is 6.25. The van der Waals surface area contributed by atoms with E-state index in [1.165, 1.54) is 6.20 Å². The molecule has 171 valence electrons. The molecule has 0 amide bonds. The molecule has 0 atom stereocenters. The Hall–Kier alpha value is -3.60. The van der Waals surface area contributed by atoms with Gasteiger partial charge in [-0.3, -0.25) is 4.39 Å². The van der Waals surface area contributed by atoms with Crippen LogP contribution in [0, 0.1) is 29.6 Å². The summed E-state index contributed by atoms with van der Waals surface area (Å²) in [5.74, 6) is -3.38. The quantitative estimate of drug-likeness (QED) is 0.156. The van der Waals surface area contributed by atoms with Crippen molar-refractivity contribution < 1.29 is 33.3 Å². The fourth-order valence-corrected chi connectivity index (χ4v) is 3.13. The first-order valence-corrected chi connectivity index (χ1v) is 10.1. The van der Waals surface area contributed by atoms with Crippen molar-refractivity contribution in [2.24, 2.45) is 0 Å². The van der Waals surface area contributed by atoms with Crippen molar-refractivity contribution in [1.82, 2.24) is 9.97 Å². The number of halogens is 3. The van der Waals surface area contributed by atoms with Crippen LogP contribution in [0.1, 0.15) is 0 Å². The van der Waals surface area contributed by atoms with Crippen LogP contribution in [-0.2, 0) is 20.1 Å². The number of nitrogens with zero attached hydrogens (tertiary/aromatic N) is 2. The van der Waals surface area contributed by atoms with Crippen LogP contribution >= 0.6 is 0 Å². The van der Waals surface area contributed by atoms with Crippen LogP contribution in [0.15, 0.2) is 103 Å². The molecule has 0 bridgehead atoms. The Bertz CT molecular complexity index is 1290. The minimum absolute atomic E-state index is 0. The van der Waals surface area contributed by atoms with Gasteiger partial charge in [-0.1, -0.05) is 60.2 Å². The smallest absolute Gasteiger partial charge is 0.0792 e. The summed E-state index contributed by atoms with van der Waals surface area (Å²) in [6.45, 7) is 0. The standard InChI is InChI=1S/C17H9F3N.C11H8N.Ir/c18-13-9-14(17(20)15(19)10-13)16-8-12(6-7-21-16)11-4-2-1-3-5-11;1-2-6-10(7-3-1)11-8-4-5-9-12-11;/h1-8,10H;1-6,8-9H;/q2*-1;. The van der Waals surface area contributed by atoms with Gasteiger partial charge < -0.3 is 9.97 Å².